The van der Waals surface area contributed by atoms with Crippen LogP contribution in [0.4, 0.5) is 5.69 Å². The van der Waals surface area contributed by atoms with E-state index in [0.717, 1.165) is 0 Å². The van der Waals surface area contributed by atoms with E-state index >= 15 is 0 Å². The fraction of sp³-hybridized carbons (Fsp3) is 0.364. The summed E-state index contributed by atoms with van der Waals surface area (Å²) in [6.07, 6.45) is 0. The van der Waals surface area contributed by atoms with Gasteiger partial charge in [0.2, 0.25) is 5.91 Å². The molecule has 1 aliphatic rings. The lowest BCUT2D eigenvalue weighted by Gasteiger charge is -2.19. The highest BCUT2D eigenvalue weighted by Crippen LogP contribution is 2.32. The third-order valence-electron chi connectivity index (χ3n) is 2.17. The molecule has 0 saturated heterocycles. The van der Waals surface area contributed by atoms with Gasteiger partial charge in [0.15, 0.2) is 11.5 Å². The predicted molar refractivity (Wildman–Crippen MR) is 61.4 cm³/mol. The number of rotatable bonds is 2. The molecular weight excluding hydrogens is 230 g/mol. The molecule has 1 aromatic carbocycles. The van der Waals surface area contributed by atoms with Gasteiger partial charge < -0.3 is 14.8 Å². The fourth-order valence-electron chi connectivity index (χ4n) is 1.36. The number of alkyl halides is 1. The number of hydrogen-bond acceptors (Lipinski definition) is 3. The number of carbonyl (C=O) groups excluding carboxylic acids is 1. The van der Waals surface area contributed by atoms with Crippen molar-refractivity contribution in [3.05, 3.63) is 18.2 Å². The first kappa shape index (κ1) is 11.1. The van der Waals surface area contributed by atoms with E-state index in [1.165, 1.54) is 0 Å². The third-order valence-corrected chi connectivity index (χ3v) is 2.37. The molecular formula is C11H12ClNO3. The molecule has 86 valence electrons. The Bertz CT molecular complexity index is 406. The van der Waals surface area contributed by atoms with Crippen LogP contribution in [0.25, 0.3) is 0 Å². The van der Waals surface area contributed by atoms with Crippen LogP contribution in [0, 0.1) is 0 Å². The Morgan fingerprint density at radius 2 is 2.06 bits per heavy atom. The summed E-state index contributed by atoms with van der Waals surface area (Å²) < 4.78 is 10.8. The predicted octanol–water partition coefficient (Wildman–Crippen LogP) is 2.02. The second-order valence-corrected chi connectivity index (χ2v) is 4.12. The van der Waals surface area contributed by atoms with Crippen LogP contribution in [0.1, 0.15) is 6.92 Å². The van der Waals surface area contributed by atoms with Crippen molar-refractivity contribution in [2.45, 2.75) is 12.3 Å². The Labute approximate surface area is 98.5 Å². The first-order valence-corrected chi connectivity index (χ1v) is 5.45. The Morgan fingerprint density at radius 3 is 2.75 bits per heavy atom. The standard InChI is InChI=1S/C11H12ClNO3/c1-7(12)11(14)13-8-2-3-9-10(6-8)16-5-4-15-9/h2-3,6-7H,4-5H2,1H3,(H,13,14). The van der Waals surface area contributed by atoms with Gasteiger partial charge >= 0.3 is 0 Å². The summed E-state index contributed by atoms with van der Waals surface area (Å²) in [5.41, 5.74) is 0.654. The summed E-state index contributed by atoms with van der Waals surface area (Å²) in [4.78, 5) is 11.4. The number of halogens is 1. The average Bonchev–Trinajstić information content (AvgIpc) is 2.28. The van der Waals surface area contributed by atoms with E-state index in [1.54, 1.807) is 25.1 Å². The minimum atomic E-state index is -0.562. The van der Waals surface area contributed by atoms with E-state index in [0.29, 0.717) is 30.4 Å². The summed E-state index contributed by atoms with van der Waals surface area (Å²) in [5.74, 6) is 1.10. The minimum absolute atomic E-state index is 0.238. The van der Waals surface area contributed by atoms with Crippen molar-refractivity contribution in [3.63, 3.8) is 0 Å². The van der Waals surface area contributed by atoms with Gasteiger partial charge in [-0.05, 0) is 19.1 Å². The van der Waals surface area contributed by atoms with Crippen molar-refractivity contribution in [1.29, 1.82) is 0 Å². The quantitative estimate of drug-likeness (QED) is 0.806. The molecule has 2 rings (SSSR count). The van der Waals surface area contributed by atoms with Crippen LogP contribution in [-0.4, -0.2) is 24.5 Å². The maximum Gasteiger partial charge on any atom is 0.242 e. The molecule has 0 aliphatic carbocycles. The zero-order valence-corrected chi connectivity index (χ0v) is 9.58. The molecule has 0 spiro atoms. The molecule has 0 aromatic heterocycles. The molecule has 1 aliphatic heterocycles. The summed E-state index contributed by atoms with van der Waals surface area (Å²) in [6, 6.07) is 5.25. The van der Waals surface area contributed by atoms with E-state index in [4.69, 9.17) is 21.1 Å². The Kier molecular flexibility index (Phi) is 3.19. The molecule has 1 amide bonds. The van der Waals surface area contributed by atoms with Gasteiger partial charge in [-0.1, -0.05) is 0 Å². The zero-order chi connectivity index (χ0) is 11.5. The second-order valence-electron chi connectivity index (χ2n) is 3.46. The molecule has 5 heteroatoms. The summed E-state index contributed by atoms with van der Waals surface area (Å²) >= 11 is 5.65. The number of nitrogens with one attached hydrogen (secondary N) is 1. The Hall–Kier alpha value is -1.42. The first-order valence-electron chi connectivity index (χ1n) is 5.01. The van der Waals surface area contributed by atoms with Crippen LogP contribution in [0.3, 0.4) is 0 Å². The third kappa shape index (κ3) is 2.39. The van der Waals surface area contributed by atoms with Crippen molar-refractivity contribution in [3.8, 4) is 11.5 Å². The smallest absolute Gasteiger partial charge is 0.242 e. The largest absolute Gasteiger partial charge is 0.486 e. The summed E-state index contributed by atoms with van der Waals surface area (Å²) in [6.45, 7) is 2.70. The fourth-order valence-corrected chi connectivity index (χ4v) is 1.42. The van der Waals surface area contributed by atoms with Gasteiger partial charge in [0.1, 0.15) is 18.6 Å². The van der Waals surface area contributed by atoms with E-state index in [-0.39, 0.29) is 5.91 Å². The van der Waals surface area contributed by atoms with Gasteiger partial charge in [-0.3, -0.25) is 4.79 Å². The van der Waals surface area contributed by atoms with Gasteiger partial charge in [0, 0.05) is 11.8 Å². The summed E-state index contributed by atoms with van der Waals surface area (Å²) in [7, 11) is 0. The number of benzene rings is 1. The van der Waals surface area contributed by atoms with Crippen molar-refractivity contribution < 1.29 is 14.3 Å². The van der Waals surface area contributed by atoms with Crippen molar-refractivity contribution in [2.24, 2.45) is 0 Å². The molecule has 0 saturated carbocycles. The maximum atomic E-state index is 11.4. The van der Waals surface area contributed by atoms with Gasteiger partial charge in [-0.15, -0.1) is 11.6 Å². The van der Waals surface area contributed by atoms with Gasteiger partial charge in [-0.2, -0.15) is 0 Å². The number of carbonyl (C=O) groups is 1. The second kappa shape index (κ2) is 4.61. The van der Waals surface area contributed by atoms with E-state index in [1.807, 2.05) is 0 Å². The molecule has 4 nitrogen and oxygen atoms in total. The van der Waals surface area contributed by atoms with Crippen LogP contribution in [0.15, 0.2) is 18.2 Å². The number of anilines is 1. The normalized spacial score (nSPS) is 15.4. The van der Waals surface area contributed by atoms with Gasteiger partial charge in [0.05, 0.1) is 0 Å². The lowest BCUT2D eigenvalue weighted by atomic mass is 10.2. The highest BCUT2D eigenvalue weighted by molar-refractivity contribution is 6.32. The topological polar surface area (TPSA) is 47.6 Å². The molecule has 0 bridgehead atoms. The van der Waals surface area contributed by atoms with E-state index in [2.05, 4.69) is 5.32 Å². The van der Waals surface area contributed by atoms with Crippen molar-refractivity contribution >= 4 is 23.2 Å². The SMILES string of the molecule is CC(Cl)C(=O)Nc1ccc2c(c1)OCCO2. The molecule has 1 N–H and O–H groups in total. The monoisotopic (exact) mass is 241 g/mol. The number of ether oxygens (including phenoxy) is 2. The van der Waals surface area contributed by atoms with Crippen LogP contribution in [-0.2, 0) is 4.79 Å². The van der Waals surface area contributed by atoms with Crippen molar-refractivity contribution in [1.82, 2.24) is 0 Å². The first-order chi connectivity index (χ1) is 7.66. The summed E-state index contributed by atoms with van der Waals surface area (Å²) in [5, 5.41) is 2.12. The van der Waals surface area contributed by atoms with Crippen LogP contribution in [0.2, 0.25) is 0 Å². The molecule has 1 heterocycles. The average molecular weight is 242 g/mol. The van der Waals surface area contributed by atoms with E-state index < -0.39 is 5.38 Å². The molecule has 16 heavy (non-hydrogen) atoms. The molecule has 1 unspecified atom stereocenters. The molecule has 1 aromatic rings. The highest BCUT2D eigenvalue weighted by Gasteiger charge is 2.14. The van der Waals surface area contributed by atoms with Gasteiger partial charge in [0.25, 0.3) is 0 Å². The lowest BCUT2D eigenvalue weighted by molar-refractivity contribution is -0.115. The zero-order valence-electron chi connectivity index (χ0n) is 8.83. The van der Waals surface area contributed by atoms with Crippen molar-refractivity contribution in [2.75, 3.05) is 18.5 Å². The minimum Gasteiger partial charge on any atom is -0.486 e. The lowest BCUT2D eigenvalue weighted by Crippen LogP contribution is -2.21. The molecule has 1 atom stereocenters. The van der Waals surface area contributed by atoms with Crippen LogP contribution in [0.5, 0.6) is 11.5 Å². The maximum absolute atomic E-state index is 11.4. The van der Waals surface area contributed by atoms with Crippen LogP contribution >= 0.6 is 11.6 Å². The molecule has 0 fully saturated rings. The van der Waals surface area contributed by atoms with Gasteiger partial charge in [-0.25, -0.2) is 0 Å². The number of amides is 1. The molecule has 0 radical (unpaired) electrons. The Balaban J connectivity index is 2.14. The Morgan fingerprint density at radius 1 is 1.38 bits per heavy atom. The highest BCUT2D eigenvalue weighted by atomic mass is 35.5. The van der Waals surface area contributed by atoms with E-state index in [9.17, 15) is 4.79 Å². The number of hydrogen-bond donors (Lipinski definition) is 1. The van der Waals surface area contributed by atoms with Crippen LogP contribution < -0.4 is 14.8 Å². The number of fused-ring (bicyclic) bond motifs is 1.